The quantitative estimate of drug-likeness (QED) is 0.00668. The molecule has 0 radical (unpaired) electrons. The van der Waals surface area contributed by atoms with Gasteiger partial charge in [-0.1, -0.05) is 193 Å². The first-order valence-electron chi connectivity index (χ1n) is 39.6. The number of rotatable bonds is 32. The van der Waals surface area contributed by atoms with Gasteiger partial charge in [-0.05, 0) is 207 Å². The van der Waals surface area contributed by atoms with Gasteiger partial charge in [0.05, 0.1) is 50.5 Å². The molecular weight excluding hydrogens is 1630 g/mol. The summed E-state index contributed by atoms with van der Waals surface area (Å²) in [5, 5.41) is 27.8. The van der Waals surface area contributed by atoms with E-state index < -0.39 is 36.0 Å². The normalized spacial score (nSPS) is 13.8. The molecule has 4 atom stereocenters. The number of nitrogens with zero attached hydrogens (tertiary/aromatic N) is 3. The number of Topliss-reactive ketones (excluding diaryl/α,β-unsaturated/α-hetero) is 1. The molecule has 0 unspecified atom stereocenters. The molecular formula is C93H137BrN6O14S4. The Balaban J connectivity index is -0.000000661. The molecule has 20 nitrogen and oxygen atoms in total. The summed E-state index contributed by atoms with van der Waals surface area (Å²) in [6.07, 6.45) is 44.8. The summed E-state index contributed by atoms with van der Waals surface area (Å²) in [6.45, 7) is 20.0. The Morgan fingerprint density at radius 2 is 0.932 bits per heavy atom. The van der Waals surface area contributed by atoms with Crippen molar-refractivity contribution in [2.45, 2.75) is 205 Å². The predicted octanol–water partition coefficient (Wildman–Crippen LogP) is 19.1. The molecule has 654 valence electrons. The monoisotopic (exact) mass is 1770 g/mol. The van der Waals surface area contributed by atoms with Crippen LogP contribution >= 0.6 is 69.9 Å². The number of benzene rings is 5. The van der Waals surface area contributed by atoms with E-state index in [4.69, 9.17) is 25.6 Å². The molecule has 5 amide bonds. The van der Waals surface area contributed by atoms with Crippen LogP contribution in [-0.4, -0.2) is 145 Å². The molecule has 0 spiro atoms. The largest absolute Gasteiger partial charge is 0.478 e. The Bertz CT molecular complexity index is 3790. The number of hydrogen-bond donors (Lipinski definition) is 5. The number of halogens is 1. The van der Waals surface area contributed by atoms with Crippen molar-refractivity contribution < 1.29 is 67.9 Å². The fourth-order valence-electron chi connectivity index (χ4n) is 11.8. The van der Waals surface area contributed by atoms with Gasteiger partial charge in [0.1, 0.15) is 12.3 Å². The van der Waals surface area contributed by atoms with Crippen LogP contribution in [0.2, 0.25) is 0 Å². The molecule has 5 aromatic carbocycles. The van der Waals surface area contributed by atoms with E-state index >= 15 is 0 Å². The average Bonchev–Trinajstić information content (AvgIpc) is 0.922. The van der Waals surface area contributed by atoms with E-state index in [1.807, 2.05) is 121 Å². The highest BCUT2D eigenvalue weighted by Gasteiger charge is 2.27. The summed E-state index contributed by atoms with van der Waals surface area (Å²) in [5.41, 5.74) is 13.2. The number of alkyl halides is 1. The predicted molar refractivity (Wildman–Crippen MR) is 505 cm³/mol. The van der Waals surface area contributed by atoms with Crippen LogP contribution < -0.4 is 16.4 Å². The number of unbranched alkanes of at least 4 members (excludes halogenated alkanes) is 8. The summed E-state index contributed by atoms with van der Waals surface area (Å²) in [4.78, 5) is 121. The van der Waals surface area contributed by atoms with Crippen LogP contribution in [-0.2, 0) is 59.4 Å². The minimum absolute atomic E-state index is 0. The highest BCUT2D eigenvalue weighted by molar-refractivity contribution is 9.09. The van der Waals surface area contributed by atoms with Crippen LogP contribution in [0.1, 0.15) is 234 Å². The number of carboxylic acids is 2. The Morgan fingerprint density at radius 3 is 1.38 bits per heavy atom. The fourth-order valence-corrected chi connectivity index (χ4v) is 12.2. The molecule has 2 heterocycles. The molecule has 25 heteroatoms. The Morgan fingerprint density at radius 1 is 0.508 bits per heavy atom. The van der Waals surface area contributed by atoms with Gasteiger partial charge in [-0.2, -0.15) is 54.0 Å². The summed E-state index contributed by atoms with van der Waals surface area (Å²) in [5.74, 6) is -3.22. The van der Waals surface area contributed by atoms with Crippen LogP contribution in [0, 0.1) is 12.8 Å². The molecule has 5 aromatic rings. The van der Waals surface area contributed by atoms with E-state index in [-0.39, 0.29) is 95.7 Å². The van der Waals surface area contributed by atoms with E-state index in [9.17, 15) is 43.2 Å². The average molecular weight is 1770 g/mol. The number of carbonyl (C=O) groups excluding carboxylic acids is 7. The number of amides is 5. The number of nitrogens with one attached hydrogen (secondary N) is 2. The number of aryl methyl sites for hydroxylation is 5. The molecule has 2 aliphatic rings. The number of aldehydes is 1. The maximum Gasteiger partial charge on any atom is 0.335 e. The smallest absolute Gasteiger partial charge is 0.335 e. The number of aromatic carboxylic acids is 2. The van der Waals surface area contributed by atoms with E-state index in [0.29, 0.717) is 47.9 Å². The molecule has 0 aliphatic carbocycles. The Labute approximate surface area is 740 Å². The van der Waals surface area contributed by atoms with Gasteiger partial charge < -0.3 is 31.4 Å². The van der Waals surface area contributed by atoms with E-state index in [0.717, 1.165) is 190 Å². The number of carbonyl (C=O) groups is 9. The van der Waals surface area contributed by atoms with Crippen molar-refractivity contribution in [3.63, 3.8) is 0 Å². The van der Waals surface area contributed by atoms with Crippen LogP contribution in [0.4, 0.5) is 0 Å². The SMILES string of the molecule is C=CCCCCBr.C=CCCCCCc1ccccc1C(=O)C[C@@H](CC=C)C(=O)N(C)OC.C=CCCCCCc1ccccc1C(=O)O.C=CC[C@H](N)C(=O)N(C)OC.CON(C)C(=O)[C@@H]1CC=CCCCCCc2ccccc2C(=O)N1.Cc1ccccc1C(=O)O.O=C[C@@H]1CC=CCCCCCc2ccccc2C(=O)N1.S.S.S.S. The van der Waals surface area contributed by atoms with E-state index in [1.165, 1.54) is 46.3 Å². The van der Waals surface area contributed by atoms with Crippen molar-refractivity contribution in [3.8, 4) is 0 Å². The number of fused-ring (bicyclic) bond motifs is 2. The molecule has 7 rings (SSSR count). The molecule has 0 fully saturated rings. The molecule has 6 N–H and O–H groups in total. The third kappa shape index (κ3) is 49.9. The molecule has 2 aliphatic heterocycles. The lowest BCUT2D eigenvalue weighted by Crippen LogP contribution is -2.47. The zero-order valence-electron chi connectivity index (χ0n) is 70.8. The molecule has 0 saturated carbocycles. The van der Waals surface area contributed by atoms with E-state index in [1.54, 1.807) is 63.5 Å². The summed E-state index contributed by atoms with van der Waals surface area (Å²) < 4.78 is 0. The highest BCUT2D eigenvalue weighted by atomic mass is 79.9. The first-order valence-corrected chi connectivity index (χ1v) is 40.7. The zero-order chi connectivity index (χ0) is 84.7. The second-order valence-electron chi connectivity index (χ2n) is 27.2. The Kier molecular flexibility index (Phi) is 72.5. The van der Waals surface area contributed by atoms with Crippen molar-refractivity contribution in [1.29, 1.82) is 0 Å². The fraction of sp³-hybridized carbons (Fsp3) is 0.430. The number of allylic oxidation sites excluding steroid dienone is 6. The molecule has 118 heavy (non-hydrogen) atoms. The van der Waals surface area contributed by atoms with Gasteiger partial charge in [-0.15, -0.1) is 32.9 Å². The van der Waals surface area contributed by atoms with Crippen molar-refractivity contribution in [3.05, 3.63) is 265 Å². The standard InChI is InChI=1S/C22H31NO3.C19H26N2O3.C17H21NO2.C14H18O2.C8H8O2.C7H14N2O2.C6H11Br.4H2S/c1-5-7-8-9-10-14-18-15-11-12-16-20(18)21(24)17-19(13-6-2)22(25)23(3)26-4;1-21(24-2)19(23)17-14-8-6-4-3-5-7-11-15-12-9-10-13-16(15)18(22)20-17;19-13-15-11-6-4-2-1-3-5-9-14-10-7-8-12-16(14)17(20)18-15;1-2-3-4-5-6-9-12-10-7-8-11-13(12)14(15)16;1-6-4-2-3-5-7(6)8(9)10;1-4-5-6(8)7(10)9(2)11-3;1-2-3-4-5-6-7;;;;/h5-6,11-12,15-16,19H,1-2,7-10,13-14,17H2,3-4H3;6,8-10,12-13,17H,3-5,7,11,14H2,1-2H3,(H,20,22);4,6-8,10,12-13,15H,1-3,5,9,11H2,(H,18,20);2,7-8,10-11H,1,3-6,9H2,(H,15,16);2-5H,1H3,(H,9,10);4,6H,1,5,8H2,2-3H3;2H,1,3-6H2;4*1H2/t19-;17-;15-;;;6-;;;;;/m100..0...../s1. The second-order valence-corrected chi connectivity index (χ2v) is 28.0. The summed E-state index contributed by atoms with van der Waals surface area (Å²) >= 11 is 3.35. The van der Waals surface area contributed by atoms with Crippen molar-refractivity contribution in [2.24, 2.45) is 11.7 Å². The second kappa shape index (κ2) is 73.7. The maximum absolute atomic E-state index is 12.8. The van der Waals surface area contributed by atoms with Gasteiger partial charge in [0.15, 0.2) is 5.78 Å². The molecule has 0 aromatic heterocycles. The van der Waals surface area contributed by atoms with Gasteiger partial charge in [-0.3, -0.25) is 43.3 Å². The summed E-state index contributed by atoms with van der Waals surface area (Å²) in [6, 6.07) is 35.5. The number of carboxylic acid groups (broad SMARTS) is 2. The highest BCUT2D eigenvalue weighted by Crippen LogP contribution is 2.23. The van der Waals surface area contributed by atoms with Crippen molar-refractivity contribution in [1.82, 2.24) is 25.8 Å². The van der Waals surface area contributed by atoms with Gasteiger partial charge >= 0.3 is 11.9 Å². The van der Waals surface area contributed by atoms with Gasteiger partial charge in [0.2, 0.25) is 5.91 Å². The van der Waals surface area contributed by atoms with Crippen LogP contribution in [0.25, 0.3) is 0 Å². The Hall–Kier alpha value is -8.37. The van der Waals surface area contributed by atoms with E-state index in [2.05, 4.69) is 76.4 Å². The third-order valence-electron chi connectivity index (χ3n) is 18.5. The molecule has 0 saturated heterocycles. The van der Waals surface area contributed by atoms with Crippen LogP contribution in [0.5, 0.6) is 0 Å². The number of ketones is 1. The minimum Gasteiger partial charge on any atom is -0.478 e. The number of likely N-dealkylation sites (N-methyl/N-ethyl adjacent to an activating group) is 2. The first-order chi connectivity index (χ1) is 55.0. The maximum atomic E-state index is 12.8. The van der Waals surface area contributed by atoms with Crippen LogP contribution in [0.15, 0.2) is 209 Å². The number of hydroxylamine groups is 6. The lowest BCUT2D eigenvalue weighted by molar-refractivity contribution is -0.173. The third-order valence-corrected chi connectivity index (χ3v) is 19.1. The van der Waals surface area contributed by atoms with Crippen molar-refractivity contribution >= 4 is 123 Å². The van der Waals surface area contributed by atoms with Gasteiger partial charge in [0.25, 0.3) is 23.6 Å². The molecule has 0 bridgehead atoms. The lowest BCUT2D eigenvalue weighted by Gasteiger charge is -2.22. The lowest BCUT2D eigenvalue weighted by atomic mass is 9.91. The van der Waals surface area contributed by atoms with Crippen molar-refractivity contribution in [2.75, 3.05) is 47.8 Å². The first kappa shape index (κ1) is 116. The van der Waals surface area contributed by atoms with Gasteiger partial charge in [0, 0.05) is 49.6 Å². The summed E-state index contributed by atoms with van der Waals surface area (Å²) in [7, 11) is 8.91. The minimum atomic E-state index is -0.863. The van der Waals surface area contributed by atoms with Crippen LogP contribution in [0.3, 0.4) is 0 Å². The number of hydrogen-bond acceptors (Lipinski definition) is 13. The topological polar surface area (TPSA) is 282 Å². The number of nitrogens with two attached hydrogens (primary N) is 1. The van der Waals surface area contributed by atoms with Gasteiger partial charge in [-0.25, -0.2) is 24.8 Å². The zero-order valence-corrected chi connectivity index (χ0v) is 76.3.